The maximum atomic E-state index is 4.49. The molecule has 3 nitrogen and oxygen atoms in total. The highest BCUT2D eigenvalue weighted by Crippen LogP contribution is 2.20. The van der Waals surface area contributed by atoms with E-state index in [-0.39, 0.29) is 0 Å². The van der Waals surface area contributed by atoms with Gasteiger partial charge in [0.05, 0.1) is 10.2 Å². The van der Waals surface area contributed by atoms with Crippen LogP contribution < -0.4 is 5.32 Å². The van der Waals surface area contributed by atoms with E-state index in [0.717, 1.165) is 22.6 Å². The Kier molecular flexibility index (Phi) is 2.93. The topological polar surface area (TPSA) is 29.9 Å². The first-order chi connectivity index (χ1) is 6.68. The Balaban J connectivity index is 1.97. The van der Waals surface area contributed by atoms with Crippen LogP contribution >= 0.6 is 15.9 Å². The van der Waals surface area contributed by atoms with Crippen LogP contribution in [0.15, 0.2) is 4.47 Å². The summed E-state index contributed by atoms with van der Waals surface area (Å²) < 4.78 is 3.27. The van der Waals surface area contributed by atoms with Gasteiger partial charge in [-0.1, -0.05) is 0 Å². The minimum atomic E-state index is 0.859. The average molecular weight is 258 g/mol. The van der Waals surface area contributed by atoms with E-state index in [1.165, 1.54) is 25.2 Å². The monoisotopic (exact) mass is 257 g/mol. The van der Waals surface area contributed by atoms with Gasteiger partial charge in [-0.2, -0.15) is 5.10 Å². The molecule has 4 heteroatoms. The maximum absolute atomic E-state index is 4.49. The zero-order valence-electron chi connectivity index (χ0n) is 8.68. The Morgan fingerprint density at radius 1 is 1.50 bits per heavy atom. The van der Waals surface area contributed by atoms with Crippen LogP contribution in [-0.2, 0) is 6.54 Å². The molecular weight excluding hydrogens is 242 g/mol. The summed E-state index contributed by atoms with van der Waals surface area (Å²) in [6.45, 7) is 7.56. The number of halogens is 1. The molecule has 0 amide bonds. The highest BCUT2D eigenvalue weighted by atomic mass is 79.9. The van der Waals surface area contributed by atoms with E-state index in [9.17, 15) is 0 Å². The van der Waals surface area contributed by atoms with E-state index in [1.54, 1.807) is 0 Å². The van der Waals surface area contributed by atoms with Crippen molar-refractivity contribution in [1.29, 1.82) is 0 Å². The molecule has 0 atom stereocenters. The highest BCUT2D eigenvalue weighted by molar-refractivity contribution is 9.10. The van der Waals surface area contributed by atoms with Crippen molar-refractivity contribution < 1.29 is 0 Å². The predicted molar refractivity (Wildman–Crippen MR) is 60.4 cm³/mol. The number of nitrogens with zero attached hydrogens (tertiary/aromatic N) is 2. The second kappa shape index (κ2) is 4.03. The maximum Gasteiger partial charge on any atom is 0.0738 e. The van der Waals surface area contributed by atoms with Crippen molar-refractivity contribution >= 4 is 15.9 Å². The number of rotatable bonds is 3. The van der Waals surface area contributed by atoms with Crippen LogP contribution in [0.5, 0.6) is 0 Å². The highest BCUT2D eigenvalue weighted by Gasteiger charge is 2.17. The number of hydrogen-bond donors (Lipinski definition) is 1. The number of aryl methyl sites for hydroxylation is 2. The molecule has 14 heavy (non-hydrogen) atoms. The lowest BCUT2D eigenvalue weighted by molar-refractivity contribution is 0.305. The van der Waals surface area contributed by atoms with Gasteiger partial charge in [0.1, 0.15) is 0 Å². The normalized spacial score (nSPS) is 17.1. The lowest BCUT2D eigenvalue weighted by Crippen LogP contribution is -2.42. The summed E-state index contributed by atoms with van der Waals surface area (Å²) in [7, 11) is 0. The average Bonchev–Trinajstić information content (AvgIpc) is 2.31. The minimum Gasteiger partial charge on any atom is -0.316 e. The van der Waals surface area contributed by atoms with Crippen molar-refractivity contribution in [2.45, 2.75) is 26.8 Å². The Bertz CT molecular complexity index is 328. The molecular formula is C10H16BrN3. The van der Waals surface area contributed by atoms with Crippen LogP contribution in [0.4, 0.5) is 0 Å². The van der Waals surface area contributed by atoms with E-state index in [4.69, 9.17) is 0 Å². The first-order valence-corrected chi connectivity index (χ1v) is 5.88. The molecule has 2 heterocycles. The fourth-order valence-corrected chi connectivity index (χ4v) is 2.03. The molecule has 0 bridgehead atoms. The van der Waals surface area contributed by atoms with Gasteiger partial charge in [0, 0.05) is 12.2 Å². The van der Waals surface area contributed by atoms with E-state index >= 15 is 0 Å². The second-order valence-electron chi connectivity index (χ2n) is 4.02. The zero-order chi connectivity index (χ0) is 10.1. The first kappa shape index (κ1) is 10.2. The van der Waals surface area contributed by atoms with Crippen LogP contribution in [-0.4, -0.2) is 22.9 Å². The van der Waals surface area contributed by atoms with Gasteiger partial charge in [-0.15, -0.1) is 0 Å². The third-order valence-electron chi connectivity index (χ3n) is 2.91. The Hall–Kier alpha value is -0.350. The van der Waals surface area contributed by atoms with Crippen LogP contribution in [0.1, 0.15) is 17.8 Å². The van der Waals surface area contributed by atoms with Crippen molar-refractivity contribution in [3.05, 3.63) is 15.9 Å². The molecule has 1 fully saturated rings. The molecule has 78 valence electrons. The van der Waals surface area contributed by atoms with Crippen molar-refractivity contribution in [1.82, 2.24) is 15.1 Å². The molecule has 2 rings (SSSR count). The fourth-order valence-electron chi connectivity index (χ4n) is 1.75. The minimum absolute atomic E-state index is 0.859. The van der Waals surface area contributed by atoms with E-state index in [0.29, 0.717) is 0 Å². The summed E-state index contributed by atoms with van der Waals surface area (Å²) in [5, 5.41) is 7.78. The van der Waals surface area contributed by atoms with Crippen molar-refractivity contribution in [2.24, 2.45) is 5.92 Å². The quantitative estimate of drug-likeness (QED) is 0.897. The summed E-state index contributed by atoms with van der Waals surface area (Å²) in [5.74, 6) is 0.859. The predicted octanol–water partition coefficient (Wildman–Crippen LogP) is 1.87. The summed E-state index contributed by atoms with van der Waals surface area (Å²) in [6.07, 6.45) is 1.24. The van der Waals surface area contributed by atoms with E-state index in [1.807, 2.05) is 6.92 Å². The standard InChI is InChI=1S/C10H16BrN3/c1-7-10(11)8(2)14(13-7)4-3-9-5-12-6-9/h9,12H,3-6H2,1-2H3. The lowest BCUT2D eigenvalue weighted by atomic mass is 10.00. The van der Waals surface area contributed by atoms with Crippen molar-refractivity contribution in [3.8, 4) is 0 Å². The SMILES string of the molecule is Cc1nn(CCC2CNC2)c(C)c1Br. The van der Waals surface area contributed by atoms with E-state index < -0.39 is 0 Å². The third-order valence-corrected chi connectivity index (χ3v) is 4.06. The molecule has 1 aliphatic heterocycles. The summed E-state index contributed by atoms with van der Waals surface area (Å²) in [5.41, 5.74) is 2.34. The van der Waals surface area contributed by atoms with Gasteiger partial charge in [-0.05, 0) is 55.2 Å². The zero-order valence-corrected chi connectivity index (χ0v) is 10.3. The van der Waals surface area contributed by atoms with Crippen LogP contribution in [0.3, 0.4) is 0 Å². The number of nitrogens with one attached hydrogen (secondary N) is 1. The number of aromatic nitrogens is 2. The van der Waals surface area contributed by atoms with Crippen molar-refractivity contribution in [3.63, 3.8) is 0 Å². The van der Waals surface area contributed by atoms with Gasteiger partial charge < -0.3 is 5.32 Å². The van der Waals surface area contributed by atoms with Gasteiger partial charge in [-0.3, -0.25) is 4.68 Å². The Morgan fingerprint density at radius 3 is 2.64 bits per heavy atom. The Labute approximate surface area is 93.0 Å². The van der Waals surface area contributed by atoms with Crippen LogP contribution in [0.2, 0.25) is 0 Å². The largest absolute Gasteiger partial charge is 0.316 e. The summed E-state index contributed by atoms with van der Waals surface area (Å²) in [6, 6.07) is 0. The second-order valence-corrected chi connectivity index (χ2v) is 4.81. The molecule has 0 radical (unpaired) electrons. The van der Waals surface area contributed by atoms with Gasteiger partial charge in [-0.25, -0.2) is 0 Å². The van der Waals surface area contributed by atoms with Gasteiger partial charge in [0.15, 0.2) is 0 Å². The molecule has 0 aromatic carbocycles. The van der Waals surface area contributed by atoms with Gasteiger partial charge in [0.25, 0.3) is 0 Å². The first-order valence-electron chi connectivity index (χ1n) is 5.08. The molecule has 1 aromatic rings. The lowest BCUT2D eigenvalue weighted by Gasteiger charge is -2.26. The van der Waals surface area contributed by atoms with Crippen LogP contribution in [0.25, 0.3) is 0 Å². The molecule has 0 aliphatic carbocycles. The summed E-state index contributed by atoms with van der Waals surface area (Å²) >= 11 is 3.54. The van der Waals surface area contributed by atoms with Crippen molar-refractivity contribution in [2.75, 3.05) is 13.1 Å². The molecule has 1 aromatic heterocycles. The van der Waals surface area contributed by atoms with Crippen LogP contribution in [0, 0.1) is 19.8 Å². The molecule has 1 N–H and O–H groups in total. The number of hydrogen-bond acceptors (Lipinski definition) is 2. The summed E-state index contributed by atoms with van der Waals surface area (Å²) in [4.78, 5) is 0. The van der Waals surface area contributed by atoms with Gasteiger partial charge in [0.2, 0.25) is 0 Å². The smallest absolute Gasteiger partial charge is 0.0738 e. The molecule has 0 spiro atoms. The molecule has 0 unspecified atom stereocenters. The molecule has 1 aliphatic rings. The van der Waals surface area contributed by atoms with E-state index in [2.05, 4.69) is 38.0 Å². The molecule has 1 saturated heterocycles. The van der Waals surface area contributed by atoms with Gasteiger partial charge >= 0.3 is 0 Å². The third kappa shape index (κ3) is 1.86. The molecule has 0 saturated carbocycles. The fraction of sp³-hybridized carbons (Fsp3) is 0.700. The Morgan fingerprint density at radius 2 is 2.21 bits per heavy atom.